The van der Waals surface area contributed by atoms with Gasteiger partial charge in [0.15, 0.2) is 0 Å². The predicted octanol–water partition coefficient (Wildman–Crippen LogP) is 0.729. The maximum atomic E-state index is 11.6. The Kier molecular flexibility index (Phi) is 5.44. The van der Waals surface area contributed by atoms with Gasteiger partial charge in [-0.3, -0.25) is 4.79 Å². The van der Waals surface area contributed by atoms with E-state index in [0.29, 0.717) is 6.42 Å². The van der Waals surface area contributed by atoms with Crippen molar-refractivity contribution in [2.24, 2.45) is 11.1 Å². The van der Waals surface area contributed by atoms with Gasteiger partial charge in [-0.05, 0) is 11.8 Å². The Bertz CT molecular complexity index is 258. The second kappa shape index (κ2) is 5.84. The number of rotatable bonds is 5. The molecule has 1 unspecified atom stereocenters. The van der Waals surface area contributed by atoms with Crippen molar-refractivity contribution in [1.82, 2.24) is 5.32 Å². The molecule has 0 heterocycles. The molecular weight excluding hydrogens is 208 g/mol. The topological polar surface area (TPSA) is 92.4 Å². The molecule has 0 spiro atoms. The van der Waals surface area contributed by atoms with Crippen molar-refractivity contribution >= 4 is 11.9 Å². The Hall–Kier alpha value is -1.10. The highest BCUT2D eigenvalue weighted by Gasteiger charge is 2.33. The van der Waals surface area contributed by atoms with Crippen LogP contribution in [0.3, 0.4) is 0 Å². The van der Waals surface area contributed by atoms with E-state index in [1.165, 1.54) is 0 Å². The number of carbonyl (C=O) groups excluding carboxylic acids is 1. The van der Waals surface area contributed by atoms with E-state index in [-0.39, 0.29) is 0 Å². The number of amides is 1. The molecule has 0 aliphatic carbocycles. The summed E-state index contributed by atoms with van der Waals surface area (Å²) in [6.45, 7) is 7.21. The Morgan fingerprint density at radius 2 is 1.88 bits per heavy atom. The van der Waals surface area contributed by atoms with E-state index < -0.39 is 29.4 Å². The zero-order chi connectivity index (χ0) is 12.9. The van der Waals surface area contributed by atoms with Crippen molar-refractivity contribution in [2.75, 3.05) is 0 Å². The van der Waals surface area contributed by atoms with Gasteiger partial charge in [-0.2, -0.15) is 0 Å². The molecule has 0 aromatic rings. The van der Waals surface area contributed by atoms with Crippen LogP contribution in [0.15, 0.2) is 0 Å². The van der Waals surface area contributed by atoms with Gasteiger partial charge < -0.3 is 16.2 Å². The van der Waals surface area contributed by atoms with Crippen LogP contribution in [0.4, 0.5) is 0 Å². The lowest BCUT2D eigenvalue weighted by Gasteiger charge is -2.28. The quantitative estimate of drug-likeness (QED) is 0.649. The van der Waals surface area contributed by atoms with Crippen molar-refractivity contribution < 1.29 is 14.7 Å². The van der Waals surface area contributed by atoms with Crippen LogP contribution in [0.1, 0.15) is 40.5 Å². The number of carbonyl (C=O) groups is 2. The smallest absolute Gasteiger partial charge is 0.326 e. The Balaban J connectivity index is 4.54. The molecule has 2 atom stereocenters. The fraction of sp³-hybridized carbons (Fsp3) is 0.818. The molecule has 4 N–H and O–H groups in total. The van der Waals surface area contributed by atoms with Gasteiger partial charge in [-0.15, -0.1) is 0 Å². The Labute approximate surface area is 96.4 Å². The van der Waals surface area contributed by atoms with Gasteiger partial charge in [-0.1, -0.05) is 34.1 Å². The largest absolute Gasteiger partial charge is 0.480 e. The van der Waals surface area contributed by atoms with Crippen molar-refractivity contribution in [3.8, 4) is 0 Å². The van der Waals surface area contributed by atoms with Gasteiger partial charge in [0.2, 0.25) is 5.91 Å². The number of hydrogen-bond acceptors (Lipinski definition) is 3. The fourth-order valence-electron chi connectivity index (χ4n) is 1.34. The van der Waals surface area contributed by atoms with E-state index in [1.807, 2.05) is 6.92 Å². The van der Waals surface area contributed by atoms with Crippen molar-refractivity contribution in [3.63, 3.8) is 0 Å². The van der Waals surface area contributed by atoms with Crippen LogP contribution in [-0.4, -0.2) is 29.1 Å². The average molecular weight is 230 g/mol. The molecule has 0 radical (unpaired) electrons. The maximum absolute atomic E-state index is 11.6. The summed E-state index contributed by atoms with van der Waals surface area (Å²) in [5, 5.41) is 11.5. The lowest BCUT2D eigenvalue weighted by atomic mass is 9.86. The second-order valence-corrected chi connectivity index (χ2v) is 5.04. The molecular formula is C11H22N2O3. The summed E-state index contributed by atoms with van der Waals surface area (Å²) in [5.74, 6) is -1.44. The SMILES string of the molecule is CCCC(N)C(=O)N[C@@H](C(=O)O)C(C)(C)C. The van der Waals surface area contributed by atoms with Gasteiger partial charge in [-0.25, -0.2) is 4.79 Å². The summed E-state index contributed by atoms with van der Waals surface area (Å²) in [5.41, 5.74) is 5.08. The summed E-state index contributed by atoms with van der Waals surface area (Å²) in [4.78, 5) is 22.6. The second-order valence-electron chi connectivity index (χ2n) is 5.04. The van der Waals surface area contributed by atoms with Gasteiger partial charge in [0.05, 0.1) is 6.04 Å². The molecule has 0 saturated carbocycles. The van der Waals surface area contributed by atoms with Crippen molar-refractivity contribution in [2.45, 2.75) is 52.6 Å². The molecule has 94 valence electrons. The molecule has 0 fully saturated rings. The molecule has 5 heteroatoms. The standard InChI is InChI=1S/C11H22N2O3/c1-5-6-7(12)9(14)13-8(10(15)16)11(2,3)4/h7-8H,5-6,12H2,1-4H3,(H,13,14)(H,15,16)/t7?,8-/m0/s1. The number of hydrogen-bond donors (Lipinski definition) is 3. The number of carboxylic acids is 1. The molecule has 1 amide bonds. The summed E-state index contributed by atoms with van der Waals surface area (Å²) in [6.07, 6.45) is 1.35. The highest BCUT2D eigenvalue weighted by Crippen LogP contribution is 2.19. The summed E-state index contributed by atoms with van der Waals surface area (Å²) in [7, 11) is 0. The van der Waals surface area contributed by atoms with Crippen molar-refractivity contribution in [3.05, 3.63) is 0 Å². The molecule has 0 aromatic heterocycles. The highest BCUT2D eigenvalue weighted by atomic mass is 16.4. The first-order valence-corrected chi connectivity index (χ1v) is 5.49. The fourth-order valence-corrected chi connectivity index (χ4v) is 1.34. The van der Waals surface area contributed by atoms with Crippen LogP contribution < -0.4 is 11.1 Å². The lowest BCUT2D eigenvalue weighted by molar-refractivity contribution is -0.145. The van der Waals surface area contributed by atoms with Crippen LogP contribution in [0, 0.1) is 5.41 Å². The normalized spacial score (nSPS) is 15.3. The molecule has 0 aliphatic rings. The third kappa shape index (κ3) is 4.61. The third-order valence-electron chi connectivity index (χ3n) is 2.34. The lowest BCUT2D eigenvalue weighted by Crippen LogP contribution is -2.53. The van der Waals surface area contributed by atoms with Crippen LogP contribution in [0.5, 0.6) is 0 Å². The average Bonchev–Trinajstić information content (AvgIpc) is 2.11. The van der Waals surface area contributed by atoms with E-state index in [9.17, 15) is 9.59 Å². The van der Waals surface area contributed by atoms with E-state index in [0.717, 1.165) is 6.42 Å². The molecule has 0 aliphatic heterocycles. The minimum atomic E-state index is -1.04. The molecule has 0 bridgehead atoms. The van der Waals surface area contributed by atoms with E-state index >= 15 is 0 Å². The predicted molar refractivity (Wildman–Crippen MR) is 61.9 cm³/mol. The molecule has 16 heavy (non-hydrogen) atoms. The number of nitrogens with two attached hydrogens (primary N) is 1. The van der Waals surface area contributed by atoms with Gasteiger partial charge in [0.25, 0.3) is 0 Å². The monoisotopic (exact) mass is 230 g/mol. The number of nitrogens with one attached hydrogen (secondary N) is 1. The van der Waals surface area contributed by atoms with Gasteiger partial charge in [0.1, 0.15) is 6.04 Å². The third-order valence-corrected chi connectivity index (χ3v) is 2.34. The first-order chi connectivity index (χ1) is 7.20. The zero-order valence-electron chi connectivity index (χ0n) is 10.4. The molecule has 0 rings (SSSR count). The minimum Gasteiger partial charge on any atom is -0.480 e. The van der Waals surface area contributed by atoms with Crippen LogP contribution in [-0.2, 0) is 9.59 Å². The Morgan fingerprint density at radius 1 is 1.38 bits per heavy atom. The maximum Gasteiger partial charge on any atom is 0.326 e. The van der Waals surface area contributed by atoms with Crippen LogP contribution >= 0.6 is 0 Å². The minimum absolute atomic E-state index is 0.399. The van der Waals surface area contributed by atoms with Crippen LogP contribution in [0.2, 0.25) is 0 Å². The number of aliphatic carboxylic acids is 1. The molecule has 5 nitrogen and oxygen atoms in total. The first kappa shape index (κ1) is 14.9. The highest BCUT2D eigenvalue weighted by molar-refractivity contribution is 5.87. The van der Waals surface area contributed by atoms with Crippen LogP contribution in [0.25, 0.3) is 0 Å². The summed E-state index contributed by atoms with van der Waals surface area (Å²) >= 11 is 0. The first-order valence-electron chi connectivity index (χ1n) is 5.49. The van der Waals surface area contributed by atoms with Crippen molar-refractivity contribution in [1.29, 1.82) is 0 Å². The number of carboxylic acid groups (broad SMARTS) is 1. The summed E-state index contributed by atoms with van der Waals surface area (Å²) < 4.78 is 0. The van der Waals surface area contributed by atoms with E-state index in [1.54, 1.807) is 20.8 Å². The van der Waals surface area contributed by atoms with Gasteiger partial charge >= 0.3 is 5.97 Å². The van der Waals surface area contributed by atoms with Gasteiger partial charge in [0, 0.05) is 0 Å². The van der Waals surface area contributed by atoms with E-state index in [2.05, 4.69) is 5.32 Å². The molecule has 0 aromatic carbocycles. The zero-order valence-corrected chi connectivity index (χ0v) is 10.4. The molecule has 0 saturated heterocycles. The Morgan fingerprint density at radius 3 is 2.19 bits per heavy atom. The van der Waals surface area contributed by atoms with E-state index in [4.69, 9.17) is 10.8 Å². The summed E-state index contributed by atoms with van der Waals surface area (Å²) in [6, 6.07) is -1.54.